The number of thiophene rings is 1. The zero-order chi connectivity index (χ0) is 12.0. The average Bonchev–Trinajstić information content (AvgIpc) is 2.74. The second-order valence-electron chi connectivity index (χ2n) is 5.86. The Bertz CT molecular complexity index is 406. The third-order valence-electron chi connectivity index (χ3n) is 4.72. The maximum atomic E-state index is 6.08. The van der Waals surface area contributed by atoms with E-state index in [2.05, 4.69) is 30.2 Å². The van der Waals surface area contributed by atoms with Gasteiger partial charge in [0.2, 0.25) is 0 Å². The lowest BCUT2D eigenvalue weighted by Gasteiger charge is -2.56. The van der Waals surface area contributed by atoms with E-state index in [1.807, 2.05) is 11.3 Å². The molecule has 1 aliphatic heterocycles. The Labute approximate surface area is 108 Å². The standard InChI is InChI=1S/C14H22N2S/c1-10-7-14(8-10,9-15)16-5-3-13-12(11(16)2)4-6-17-13/h4,6,10-11H,3,5,7-9,15H2,1-2H3. The molecule has 2 nitrogen and oxygen atoms in total. The molecule has 1 aromatic rings. The number of nitrogens with zero attached hydrogens (tertiary/aromatic N) is 1. The zero-order valence-corrected chi connectivity index (χ0v) is 11.6. The third-order valence-corrected chi connectivity index (χ3v) is 5.72. The molecular formula is C14H22N2S. The Morgan fingerprint density at radius 1 is 1.47 bits per heavy atom. The predicted octanol–water partition coefficient (Wildman–Crippen LogP) is 2.79. The summed E-state index contributed by atoms with van der Waals surface area (Å²) in [5.74, 6) is 0.856. The van der Waals surface area contributed by atoms with Crippen molar-refractivity contribution in [2.24, 2.45) is 11.7 Å². The maximum absolute atomic E-state index is 6.08. The van der Waals surface area contributed by atoms with Crippen LogP contribution in [0.25, 0.3) is 0 Å². The largest absolute Gasteiger partial charge is 0.329 e. The van der Waals surface area contributed by atoms with Gasteiger partial charge in [0.15, 0.2) is 0 Å². The van der Waals surface area contributed by atoms with E-state index in [-0.39, 0.29) is 0 Å². The van der Waals surface area contributed by atoms with Gasteiger partial charge in [-0.3, -0.25) is 4.90 Å². The van der Waals surface area contributed by atoms with E-state index < -0.39 is 0 Å². The first-order chi connectivity index (χ1) is 8.16. The van der Waals surface area contributed by atoms with E-state index in [0.29, 0.717) is 11.6 Å². The maximum Gasteiger partial charge on any atom is 0.0343 e. The number of hydrogen-bond donors (Lipinski definition) is 1. The lowest BCUT2D eigenvalue weighted by atomic mass is 9.67. The Morgan fingerprint density at radius 2 is 2.24 bits per heavy atom. The number of hydrogen-bond acceptors (Lipinski definition) is 3. The predicted molar refractivity (Wildman–Crippen MR) is 73.3 cm³/mol. The van der Waals surface area contributed by atoms with E-state index in [0.717, 1.165) is 12.5 Å². The molecule has 1 aliphatic carbocycles. The minimum atomic E-state index is 0.304. The molecule has 0 saturated heterocycles. The summed E-state index contributed by atoms with van der Waals surface area (Å²) in [7, 11) is 0. The van der Waals surface area contributed by atoms with Crippen LogP contribution in [0.5, 0.6) is 0 Å². The molecule has 3 heteroatoms. The lowest BCUT2D eigenvalue weighted by molar-refractivity contribution is -0.0414. The van der Waals surface area contributed by atoms with Crippen molar-refractivity contribution in [2.45, 2.75) is 44.7 Å². The Morgan fingerprint density at radius 3 is 2.88 bits per heavy atom. The van der Waals surface area contributed by atoms with Crippen molar-refractivity contribution in [3.05, 3.63) is 21.9 Å². The molecule has 2 N–H and O–H groups in total. The van der Waals surface area contributed by atoms with Crippen LogP contribution >= 0.6 is 11.3 Å². The molecule has 0 radical (unpaired) electrons. The van der Waals surface area contributed by atoms with Crippen LogP contribution in [0.3, 0.4) is 0 Å². The fraction of sp³-hybridized carbons (Fsp3) is 0.714. The van der Waals surface area contributed by atoms with Crippen molar-refractivity contribution in [1.82, 2.24) is 4.90 Å². The van der Waals surface area contributed by atoms with Crippen molar-refractivity contribution < 1.29 is 0 Å². The molecule has 2 aliphatic rings. The fourth-order valence-corrected chi connectivity index (χ4v) is 4.88. The van der Waals surface area contributed by atoms with Gasteiger partial charge >= 0.3 is 0 Å². The van der Waals surface area contributed by atoms with Crippen molar-refractivity contribution in [3.8, 4) is 0 Å². The van der Waals surface area contributed by atoms with Gasteiger partial charge in [-0.2, -0.15) is 0 Å². The van der Waals surface area contributed by atoms with Crippen LogP contribution < -0.4 is 5.73 Å². The van der Waals surface area contributed by atoms with Crippen LogP contribution in [0, 0.1) is 5.92 Å². The smallest absolute Gasteiger partial charge is 0.0343 e. The summed E-state index contributed by atoms with van der Waals surface area (Å²) in [6, 6.07) is 2.87. The van der Waals surface area contributed by atoms with Gasteiger partial charge in [-0.1, -0.05) is 6.92 Å². The summed E-state index contributed by atoms with van der Waals surface area (Å²) >= 11 is 1.92. The number of fused-ring (bicyclic) bond motifs is 1. The average molecular weight is 250 g/mol. The molecule has 0 amide bonds. The van der Waals surface area contributed by atoms with Gasteiger partial charge in [0.1, 0.15) is 0 Å². The van der Waals surface area contributed by atoms with E-state index in [4.69, 9.17) is 5.73 Å². The molecule has 1 fully saturated rings. The summed E-state index contributed by atoms with van der Waals surface area (Å²) in [6.07, 6.45) is 3.79. The highest BCUT2D eigenvalue weighted by atomic mass is 32.1. The minimum absolute atomic E-state index is 0.304. The molecule has 94 valence electrons. The normalized spacial score (nSPS) is 37.6. The van der Waals surface area contributed by atoms with Crippen LogP contribution in [0.4, 0.5) is 0 Å². The van der Waals surface area contributed by atoms with Crippen molar-refractivity contribution in [3.63, 3.8) is 0 Å². The van der Waals surface area contributed by atoms with Crippen LogP contribution in [-0.4, -0.2) is 23.5 Å². The Hall–Kier alpha value is -0.380. The van der Waals surface area contributed by atoms with Crippen molar-refractivity contribution in [2.75, 3.05) is 13.1 Å². The molecular weight excluding hydrogens is 228 g/mol. The summed E-state index contributed by atoms with van der Waals surface area (Å²) in [4.78, 5) is 4.27. The first-order valence-corrected chi connectivity index (χ1v) is 7.57. The fourth-order valence-electron chi connectivity index (χ4n) is 3.91. The quantitative estimate of drug-likeness (QED) is 0.874. The van der Waals surface area contributed by atoms with Crippen molar-refractivity contribution in [1.29, 1.82) is 0 Å². The first kappa shape index (κ1) is 11.7. The highest BCUT2D eigenvalue weighted by Gasteiger charge is 2.48. The molecule has 0 bridgehead atoms. The number of rotatable bonds is 2. The highest BCUT2D eigenvalue weighted by molar-refractivity contribution is 7.10. The van der Waals surface area contributed by atoms with E-state index in [1.165, 1.54) is 25.8 Å². The summed E-state index contributed by atoms with van der Waals surface area (Å²) in [5.41, 5.74) is 7.93. The highest BCUT2D eigenvalue weighted by Crippen LogP contribution is 2.47. The minimum Gasteiger partial charge on any atom is -0.329 e. The molecule has 2 heterocycles. The van der Waals surface area contributed by atoms with Gasteiger partial charge in [-0.15, -0.1) is 11.3 Å². The monoisotopic (exact) mass is 250 g/mol. The first-order valence-electron chi connectivity index (χ1n) is 6.69. The summed E-state index contributed by atoms with van der Waals surface area (Å²) < 4.78 is 0. The van der Waals surface area contributed by atoms with Crippen LogP contribution in [0.15, 0.2) is 11.4 Å². The van der Waals surface area contributed by atoms with Gasteiger partial charge in [0.05, 0.1) is 0 Å². The molecule has 0 aromatic carbocycles. The second kappa shape index (κ2) is 4.08. The Kier molecular flexibility index (Phi) is 2.80. The van der Waals surface area contributed by atoms with E-state index >= 15 is 0 Å². The topological polar surface area (TPSA) is 29.3 Å². The summed E-state index contributed by atoms with van der Waals surface area (Å²) in [5, 5.41) is 2.24. The van der Waals surface area contributed by atoms with Crippen LogP contribution in [0.1, 0.15) is 43.2 Å². The van der Waals surface area contributed by atoms with E-state index in [1.54, 1.807) is 10.4 Å². The molecule has 1 saturated carbocycles. The van der Waals surface area contributed by atoms with Gasteiger partial charge in [0, 0.05) is 29.5 Å². The second-order valence-corrected chi connectivity index (χ2v) is 6.86. The van der Waals surface area contributed by atoms with Gasteiger partial charge in [0.25, 0.3) is 0 Å². The molecule has 3 rings (SSSR count). The van der Waals surface area contributed by atoms with Crippen LogP contribution in [-0.2, 0) is 6.42 Å². The van der Waals surface area contributed by atoms with Gasteiger partial charge in [-0.05, 0) is 49.1 Å². The zero-order valence-electron chi connectivity index (χ0n) is 10.8. The molecule has 17 heavy (non-hydrogen) atoms. The van der Waals surface area contributed by atoms with Crippen LogP contribution in [0.2, 0.25) is 0 Å². The van der Waals surface area contributed by atoms with Gasteiger partial charge in [-0.25, -0.2) is 0 Å². The molecule has 1 aromatic heterocycles. The summed E-state index contributed by atoms with van der Waals surface area (Å²) in [6.45, 7) is 6.71. The molecule has 1 unspecified atom stereocenters. The molecule has 1 atom stereocenters. The SMILES string of the molecule is CC1CC(CN)(N2CCc3sccc3C2C)C1. The van der Waals surface area contributed by atoms with E-state index in [9.17, 15) is 0 Å². The van der Waals surface area contributed by atoms with Gasteiger partial charge < -0.3 is 5.73 Å². The number of nitrogens with two attached hydrogens (primary N) is 1. The molecule has 0 spiro atoms. The van der Waals surface area contributed by atoms with Crippen molar-refractivity contribution >= 4 is 11.3 Å². The Balaban J connectivity index is 1.86. The lowest BCUT2D eigenvalue weighted by Crippen LogP contribution is -2.62. The third kappa shape index (κ3) is 1.67.